The second-order valence-corrected chi connectivity index (χ2v) is 6.23. The second kappa shape index (κ2) is 3.59. The van der Waals surface area contributed by atoms with Gasteiger partial charge in [0.2, 0.25) is 0 Å². The zero-order valence-corrected chi connectivity index (χ0v) is 10.3. The Bertz CT molecular complexity index is 416. The minimum atomic E-state index is -3.63. The molecule has 0 aliphatic rings. The van der Waals surface area contributed by atoms with Crippen LogP contribution in [0.1, 0.15) is 11.1 Å². The molecular weight excluding hydrogens is 276 g/mol. The van der Waals surface area contributed by atoms with Crippen molar-refractivity contribution in [1.82, 2.24) is 0 Å². The Morgan fingerprint density at radius 3 is 1.92 bits per heavy atom. The molecule has 0 bridgehead atoms. The SMILES string of the molecule is Cc1cc(Br)cc(C)c1S(=O)(=O)Cl. The molecule has 0 saturated heterocycles. The van der Waals surface area contributed by atoms with Crippen LogP contribution in [0, 0.1) is 13.8 Å². The highest BCUT2D eigenvalue weighted by atomic mass is 79.9. The fraction of sp³-hybridized carbons (Fsp3) is 0.250. The zero-order valence-electron chi connectivity index (χ0n) is 7.14. The van der Waals surface area contributed by atoms with E-state index in [1.54, 1.807) is 26.0 Å². The predicted octanol–water partition coefficient (Wildman–Crippen LogP) is 2.99. The maximum Gasteiger partial charge on any atom is 0.261 e. The quantitative estimate of drug-likeness (QED) is 0.743. The van der Waals surface area contributed by atoms with E-state index in [2.05, 4.69) is 15.9 Å². The van der Waals surface area contributed by atoms with Gasteiger partial charge in [-0.1, -0.05) is 15.9 Å². The summed E-state index contributed by atoms with van der Waals surface area (Å²) >= 11 is 3.28. The maximum atomic E-state index is 11.1. The summed E-state index contributed by atoms with van der Waals surface area (Å²) in [6.45, 7) is 3.43. The molecule has 0 atom stereocenters. The second-order valence-electron chi connectivity index (χ2n) is 2.81. The zero-order chi connectivity index (χ0) is 10.2. The highest BCUT2D eigenvalue weighted by Gasteiger charge is 2.16. The van der Waals surface area contributed by atoms with E-state index in [4.69, 9.17) is 10.7 Å². The van der Waals surface area contributed by atoms with Gasteiger partial charge in [-0.2, -0.15) is 0 Å². The standard InChI is InChI=1S/C8H8BrClO2S/c1-5-3-7(9)4-6(2)8(5)13(10,11)12/h3-4H,1-2H3. The molecule has 2 nitrogen and oxygen atoms in total. The third kappa shape index (κ3) is 2.45. The number of aryl methyl sites for hydroxylation is 2. The summed E-state index contributed by atoms with van der Waals surface area (Å²) in [6, 6.07) is 3.45. The Morgan fingerprint density at radius 2 is 1.62 bits per heavy atom. The average Bonchev–Trinajstić information content (AvgIpc) is 1.78. The van der Waals surface area contributed by atoms with Crippen molar-refractivity contribution in [3.63, 3.8) is 0 Å². The van der Waals surface area contributed by atoms with Gasteiger partial charge < -0.3 is 0 Å². The Morgan fingerprint density at radius 1 is 1.23 bits per heavy atom. The summed E-state index contributed by atoms with van der Waals surface area (Å²) in [5, 5.41) is 0. The predicted molar refractivity (Wildman–Crippen MR) is 56.7 cm³/mol. The number of hydrogen-bond donors (Lipinski definition) is 0. The van der Waals surface area contributed by atoms with Gasteiger partial charge in [0.05, 0.1) is 4.90 Å². The van der Waals surface area contributed by atoms with Gasteiger partial charge in [0.1, 0.15) is 0 Å². The maximum absolute atomic E-state index is 11.1. The first-order valence-electron chi connectivity index (χ1n) is 3.54. The molecule has 0 aliphatic heterocycles. The molecule has 1 aromatic rings. The van der Waals surface area contributed by atoms with E-state index < -0.39 is 9.05 Å². The topological polar surface area (TPSA) is 34.1 Å². The van der Waals surface area contributed by atoms with Gasteiger partial charge in [0.15, 0.2) is 0 Å². The van der Waals surface area contributed by atoms with E-state index in [-0.39, 0.29) is 4.90 Å². The molecule has 0 spiro atoms. The number of halogens is 2. The third-order valence-electron chi connectivity index (χ3n) is 1.67. The van der Waals surface area contributed by atoms with Crippen LogP contribution in [0.3, 0.4) is 0 Å². The molecular formula is C8H8BrClO2S. The Hall–Kier alpha value is -0.0600. The Labute approximate surface area is 90.5 Å². The van der Waals surface area contributed by atoms with Crippen LogP contribution in [-0.4, -0.2) is 8.42 Å². The molecule has 0 aliphatic carbocycles. The van der Waals surface area contributed by atoms with Gasteiger partial charge in [-0.3, -0.25) is 0 Å². The van der Waals surface area contributed by atoms with E-state index in [0.29, 0.717) is 11.1 Å². The van der Waals surface area contributed by atoms with Crippen molar-refractivity contribution < 1.29 is 8.42 Å². The van der Waals surface area contributed by atoms with Crippen LogP contribution >= 0.6 is 26.6 Å². The molecule has 0 amide bonds. The molecule has 5 heteroatoms. The fourth-order valence-electron chi connectivity index (χ4n) is 1.28. The van der Waals surface area contributed by atoms with Crippen molar-refractivity contribution in [2.45, 2.75) is 18.7 Å². The van der Waals surface area contributed by atoms with Gasteiger partial charge >= 0.3 is 0 Å². The first kappa shape index (κ1) is 11.0. The third-order valence-corrected chi connectivity index (χ3v) is 3.72. The normalized spacial score (nSPS) is 11.7. The molecule has 0 saturated carbocycles. The summed E-state index contributed by atoms with van der Waals surface area (Å²) in [7, 11) is 1.65. The van der Waals surface area contributed by atoms with Gasteiger partial charge in [-0.15, -0.1) is 0 Å². The van der Waals surface area contributed by atoms with Crippen molar-refractivity contribution in [1.29, 1.82) is 0 Å². The first-order valence-corrected chi connectivity index (χ1v) is 6.64. The van der Waals surface area contributed by atoms with Crippen molar-refractivity contribution in [2.24, 2.45) is 0 Å². The van der Waals surface area contributed by atoms with E-state index in [0.717, 1.165) is 4.47 Å². The molecule has 0 heterocycles. The van der Waals surface area contributed by atoms with Gasteiger partial charge in [0.25, 0.3) is 9.05 Å². The lowest BCUT2D eigenvalue weighted by Crippen LogP contribution is -1.98. The van der Waals surface area contributed by atoms with Crippen molar-refractivity contribution in [2.75, 3.05) is 0 Å². The van der Waals surface area contributed by atoms with Gasteiger partial charge in [-0.25, -0.2) is 8.42 Å². The molecule has 0 aromatic heterocycles. The summed E-state index contributed by atoms with van der Waals surface area (Å²) < 4.78 is 23.1. The van der Waals surface area contributed by atoms with Crippen LogP contribution in [0.2, 0.25) is 0 Å². The molecule has 0 fully saturated rings. The lowest BCUT2D eigenvalue weighted by molar-refractivity contribution is 0.608. The van der Waals surface area contributed by atoms with Crippen LogP contribution in [-0.2, 0) is 9.05 Å². The number of rotatable bonds is 1. The van der Waals surface area contributed by atoms with Crippen molar-refractivity contribution >= 4 is 35.7 Å². The van der Waals surface area contributed by atoms with E-state index in [1.165, 1.54) is 0 Å². The van der Waals surface area contributed by atoms with Gasteiger partial charge in [-0.05, 0) is 37.1 Å². The molecule has 1 aromatic carbocycles. The number of benzene rings is 1. The molecule has 0 N–H and O–H groups in total. The summed E-state index contributed by atoms with van der Waals surface area (Å²) in [4.78, 5) is 0.206. The van der Waals surface area contributed by atoms with E-state index in [9.17, 15) is 8.42 Å². The molecule has 0 unspecified atom stereocenters. The smallest absolute Gasteiger partial charge is 0.207 e. The van der Waals surface area contributed by atoms with Crippen LogP contribution in [0.15, 0.2) is 21.5 Å². The summed E-state index contributed by atoms with van der Waals surface area (Å²) in [5.41, 5.74) is 1.31. The number of hydrogen-bond acceptors (Lipinski definition) is 2. The van der Waals surface area contributed by atoms with Crippen LogP contribution in [0.4, 0.5) is 0 Å². The monoisotopic (exact) mass is 282 g/mol. The Balaban J connectivity index is 3.57. The molecule has 13 heavy (non-hydrogen) atoms. The van der Waals surface area contributed by atoms with E-state index >= 15 is 0 Å². The molecule has 72 valence electrons. The Kier molecular flexibility index (Phi) is 3.05. The lowest BCUT2D eigenvalue weighted by atomic mass is 10.2. The summed E-state index contributed by atoms with van der Waals surface area (Å²) in [5.74, 6) is 0. The lowest BCUT2D eigenvalue weighted by Gasteiger charge is -2.06. The fourth-order valence-corrected chi connectivity index (χ4v) is 3.59. The highest BCUT2D eigenvalue weighted by molar-refractivity contribution is 9.10. The van der Waals surface area contributed by atoms with Crippen LogP contribution in [0.5, 0.6) is 0 Å². The minimum Gasteiger partial charge on any atom is -0.207 e. The first-order chi connectivity index (χ1) is 5.82. The van der Waals surface area contributed by atoms with Crippen LogP contribution in [0.25, 0.3) is 0 Å². The molecule has 0 radical (unpaired) electrons. The van der Waals surface area contributed by atoms with Gasteiger partial charge in [0, 0.05) is 15.2 Å². The molecule has 1 rings (SSSR count). The summed E-state index contributed by atoms with van der Waals surface area (Å²) in [6.07, 6.45) is 0. The highest BCUT2D eigenvalue weighted by Crippen LogP contribution is 2.26. The van der Waals surface area contributed by atoms with Crippen molar-refractivity contribution in [3.8, 4) is 0 Å². The largest absolute Gasteiger partial charge is 0.261 e. The minimum absolute atomic E-state index is 0.206. The average molecular weight is 284 g/mol. The van der Waals surface area contributed by atoms with Crippen LogP contribution < -0.4 is 0 Å². The van der Waals surface area contributed by atoms with E-state index in [1.807, 2.05) is 0 Å². The van der Waals surface area contributed by atoms with Crippen molar-refractivity contribution in [3.05, 3.63) is 27.7 Å².